The summed E-state index contributed by atoms with van der Waals surface area (Å²) >= 11 is 0. The van der Waals surface area contributed by atoms with E-state index in [1.165, 1.54) is 31.2 Å². The molecule has 3 N–H and O–H groups in total. The highest BCUT2D eigenvalue weighted by Gasteiger charge is 2.49. The third kappa shape index (κ3) is 4.72. The van der Waals surface area contributed by atoms with Crippen molar-refractivity contribution in [2.75, 3.05) is 6.54 Å². The molecule has 11 heteroatoms. The number of carbonyl (C=O) groups excluding carboxylic acids is 4. The first-order chi connectivity index (χ1) is 13.0. The van der Waals surface area contributed by atoms with E-state index >= 15 is 0 Å². The van der Waals surface area contributed by atoms with Crippen LogP contribution in [0, 0.1) is 0 Å². The lowest BCUT2D eigenvalue weighted by molar-refractivity contribution is -0.134. The largest absolute Gasteiger partial charge is 0.435 e. The predicted octanol–water partition coefficient (Wildman–Crippen LogP) is 1.29. The normalized spacial score (nSPS) is 19.0. The van der Waals surface area contributed by atoms with Crippen LogP contribution in [0.15, 0.2) is 24.3 Å². The number of benzene rings is 1. The van der Waals surface area contributed by atoms with Gasteiger partial charge in [0.2, 0.25) is 5.91 Å². The lowest BCUT2D eigenvalue weighted by Crippen LogP contribution is -2.48. The van der Waals surface area contributed by atoms with Crippen LogP contribution in [0.2, 0.25) is 0 Å². The van der Waals surface area contributed by atoms with Crippen molar-refractivity contribution in [3.8, 4) is 5.75 Å². The standard InChI is InChI=1S/C17H20F2N4O5/c1-9(2)20-15(26)21-12(24)8-23-13(25)17(3,22-16(23)27)10-4-6-11(7-5-10)28-14(18)19/h4-7,9,14H,8H2,1-3H3,(H,22,27)(H2,20,21,24,26). The summed E-state index contributed by atoms with van der Waals surface area (Å²) in [6.07, 6.45) is 0. The first-order valence-corrected chi connectivity index (χ1v) is 8.32. The van der Waals surface area contributed by atoms with Crippen LogP contribution < -0.4 is 20.7 Å². The highest BCUT2D eigenvalue weighted by molar-refractivity contribution is 6.10. The lowest BCUT2D eigenvalue weighted by Gasteiger charge is -2.22. The summed E-state index contributed by atoms with van der Waals surface area (Å²) in [6, 6.07) is 3.41. The second-order valence-corrected chi connectivity index (χ2v) is 6.53. The van der Waals surface area contributed by atoms with Crippen molar-refractivity contribution in [1.29, 1.82) is 0 Å². The molecule has 0 saturated carbocycles. The molecule has 1 atom stereocenters. The zero-order valence-corrected chi connectivity index (χ0v) is 15.4. The number of nitrogens with one attached hydrogen (secondary N) is 3. The van der Waals surface area contributed by atoms with Crippen LogP contribution in [0.25, 0.3) is 0 Å². The summed E-state index contributed by atoms with van der Waals surface area (Å²) in [5, 5.41) is 6.93. The number of imide groups is 2. The number of rotatable bonds is 6. The van der Waals surface area contributed by atoms with Gasteiger partial charge in [0.25, 0.3) is 5.91 Å². The average Bonchev–Trinajstić information content (AvgIpc) is 2.78. The summed E-state index contributed by atoms with van der Waals surface area (Å²) in [4.78, 5) is 49.0. The van der Waals surface area contributed by atoms with Gasteiger partial charge in [0.15, 0.2) is 0 Å². The smallest absolute Gasteiger partial charge is 0.387 e. The SMILES string of the molecule is CC(C)NC(=O)NC(=O)CN1C(=O)NC(C)(c2ccc(OC(F)F)cc2)C1=O. The second-order valence-electron chi connectivity index (χ2n) is 6.53. The fraction of sp³-hybridized carbons (Fsp3) is 0.412. The van der Waals surface area contributed by atoms with E-state index < -0.39 is 42.6 Å². The zero-order valence-electron chi connectivity index (χ0n) is 15.4. The summed E-state index contributed by atoms with van der Waals surface area (Å²) in [7, 11) is 0. The Balaban J connectivity index is 2.09. The van der Waals surface area contributed by atoms with Gasteiger partial charge < -0.3 is 15.4 Å². The van der Waals surface area contributed by atoms with Crippen molar-refractivity contribution < 1.29 is 32.7 Å². The monoisotopic (exact) mass is 398 g/mol. The van der Waals surface area contributed by atoms with Crippen LogP contribution in [0.3, 0.4) is 0 Å². The van der Waals surface area contributed by atoms with Crippen LogP contribution in [-0.4, -0.2) is 48.0 Å². The van der Waals surface area contributed by atoms with Crippen LogP contribution in [0.1, 0.15) is 26.3 Å². The maximum Gasteiger partial charge on any atom is 0.387 e. The Labute approximate surface area is 159 Å². The van der Waals surface area contributed by atoms with Gasteiger partial charge in [-0.1, -0.05) is 12.1 Å². The molecule has 1 aliphatic rings. The predicted molar refractivity (Wildman–Crippen MR) is 92.5 cm³/mol. The molecule has 0 spiro atoms. The first kappa shape index (κ1) is 21.1. The number of hydrogen-bond acceptors (Lipinski definition) is 5. The topological polar surface area (TPSA) is 117 Å². The van der Waals surface area contributed by atoms with Crippen LogP contribution in [0.5, 0.6) is 5.75 Å². The number of hydrogen-bond donors (Lipinski definition) is 3. The number of halogens is 2. The molecule has 0 bridgehead atoms. The average molecular weight is 398 g/mol. The molecular weight excluding hydrogens is 378 g/mol. The Kier molecular flexibility index (Phi) is 6.16. The van der Waals surface area contributed by atoms with Crippen LogP contribution >= 0.6 is 0 Å². The maximum atomic E-state index is 12.7. The number of alkyl halides is 2. The molecular formula is C17H20F2N4O5. The number of ether oxygens (including phenoxy) is 1. The molecule has 1 saturated heterocycles. The summed E-state index contributed by atoms with van der Waals surface area (Å²) < 4.78 is 28.7. The van der Waals surface area contributed by atoms with Crippen molar-refractivity contribution in [3.05, 3.63) is 29.8 Å². The van der Waals surface area contributed by atoms with E-state index in [1.54, 1.807) is 13.8 Å². The van der Waals surface area contributed by atoms with E-state index in [-0.39, 0.29) is 11.8 Å². The molecule has 2 rings (SSSR count). The molecule has 1 heterocycles. The summed E-state index contributed by atoms with van der Waals surface area (Å²) in [5.41, 5.74) is -1.19. The number of carbonyl (C=O) groups is 4. The van der Waals surface area contributed by atoms with E-state index in [9.17, 15) is 28.0 Å². The molecule has 0 radical (unpaired) electrons. The van der Waals surface area contributed by atoms with Gasteiger partial charge in [-0.05, 0) is 38.5 Å². The molecule has 9 nitrogen and oxygen atoms in total. The molecule has 1 unspecified atom stereocenters. The number of amides is 6. The Hall–Kier alpha value is -3.24. The van der Waals surface area contributed by atoms with E-state index in [2.05, 4.69) is 15.4 Å². The highest BCUT2D eigenvalue weighted by atomic mass is 19.3. The fourth-order valence-corrected chi connectivity index (χ4v) is 2.61. The van der Waals surface area contributed by atoms with Crippen molar-refractivity contribution in [2.45, 2.75) is 39.0 Å². The van der Waals surface area contributed by atoms with E-state index in [1.807, 2.05) is 5.32 Å². The molecule has 28 heavy (non-hydrogen) atoms. The molecule has 6 amide bonds. The Morgan fingerprint density at radius 3 is 2.36 bits per heavy atom. The van der Waals surface area contributed by atoms with Crippen LogP contribution in [-0.2, 0) is 15.1 Å². The quantitative estimate of drug-likeness (QED) is 0.625. The van der Waals surface area contributed by atoms with Gasteiger partial charge >= 0.3 is 18.7 Å². The van der Waals surface area contributed by atoms with Gasteiger partial charge in [-0.25, -0.2) is 9.59 Å². The molecule has 1 fully saturated rings. The minimum atomic E-state index is -2.99. The van der Waals surface area contributed by atoms with Gasteiger partial charge in [-0.2, -0.15) is 8.78 Å². The second kappa shape index (κ2) is 8.19. The van der Waals surface area contributed by atoms with E-state index in [0.717, 1.165) is 0 Å². The van der Waals surface area contributed by atoms with Gasteiger partial charge in [0, 0.05) is 6.04 Å². The summed E-state index contributed by atoms with van der Waals surface area (Å²) in [6.45, 7) is 1.17. The third-order valence-electron chi connectivity index (χ3n) is 3.91. The summed E-state index contributed by atoms with van der Waals surface area (Å²) in [5.74, 6) is -1.67. The molecule has 1 aromatic carbocycles. The van der Waals surface area contributed by atoms with E-state index in [0.29, 0.717) is 10.5 Å². The minimum absolute atomic E-state index is 0.105. The number of urea groups is 2. The molecule has 1 aliphatic heterocycles. The fourth-order valence-electron chi connectivity index (χ4n) is 2.61. The highest BCUT2D eigenvalue weighted by Crippen LogP contribution is 2.30. The minimum Gasteiger partial charge on any atom is -0.435 e. The van der Waals surface area contributed by atoms with Gasteiger partial charge in [-0.3, -0.25) is 19.8 Å². The van der Waals surface area contributed by atoms with Gasteiger partial charge in [-0.15, -0.1) is 0 Å². The van der Waals surface area contributed by atoms with Crippen LogP contribution in [0.4, 0.5) is 18.4 Å². The third-order valence-corrected chi connectivity index (χ3v) is 3.91. The Morgan fingerprint density at radius 1 is 1.21 bits per heavy atom. The van der Waals surface area contributed by atoms with Crippen molar-refractivity contribution in [1.82, 2.24) is 20.9 Å². The molecule has 152 valence electrons. The lowest BCUT2D eigenvalue weighted by atomic mass is 9.92. The molecule has 1 aromatic rings. The Bertz CT molecular complexity index is 784. The van der Waals surface area contributed by atoms with E-state index in [4.69, 9.17) is 0 Å². The Morgan fingerprint density at radius 2 is 1.82 bits per heavy atom. The molecule has 0 aliphatic carbocycles. The maximum absolute atomic E-state index is 12.7. The van der Waals surface area contributed by atoms with Crippen molar-refractivity contribution in [3.63, 3.8) is 0 Å². The van der Waals surface area contributed by atoms with Crippen molar-refractivity contribution >= 4 is 23.9 Å². The zero-order chi connectivity index (χ0) is 21.1. The van der Waals surface area contributed by atoms with Gasteiger partial charge in [0.05, 0.1) is 0 Å². The van der Waals surface area contributed by atoms with Gasteiger partial charge in [0.1, 0.15) is 17.8 Å². The first-order valence-electron chi connectivity index (χ1n) is 8.32. The van der Waals surface area contributed by atoms with Crippen molar-refractivity contribution in [2.24, 2.45) is 0 Å². The number of nitrogens with zero attached hydrogens (tertiary/aromatic N) is 1. The molecule has 0 aromatic heterocycles.